The predicted molar refractivity (Wildman–Crippen MR) is 201 cm³/mol. The van der Waals surface area contributed by atoms with E-state index in [2.05, 4.69) is 42.2 Å². The first kappa shape index (κ1) is 34.5. The fourth-order valence-electron chi connectivity index (χ4n) is 7.45. The number of carbonyl (C=O) groups is 2. The second kappa shape index (κ2) is 14.0. The average Bonchev–Trinajstić information content (AvgIpc) is 3.88. The number of nitrogens with zero attached hydrogens (tertiary/aromatic N) is 5. The first-order valence-corrected chi connectivity index (χ1v) is 21.3. The van der Waals surface area contributed by atoms with E-state index in [0.29, 0.717) is 42.4 Å². The summed E-state index contributed by atoms with van der Waals surface area (Å²) in [7, 11) is 2.30. The Bertz CT molecular complexity index is 2100. The third-order valence-corrected chi connectivity index (χ3v) is 11.8. The zero-order valence-corrected chi connectivity index (χ0v) is 31.0. The highest BCUT2D eigenvalue weighted by Gasteiger charge is 2.49. The minimum Gasteiger partial charge on any atom is -0.494 e. The maximum Gasteiger partial charge on any atom is 0.407 e. The lowest BCUT2D eigenvalue weighted by Crippen LogP contribution is -2.45. The Labute approximate surface area is 299 Å². The average molecular weight is 707 g/mol. The number of aromatic nitrogens is 4. The number of rotatable bonds is 12. The van der Waals surface area contributed by atoms with Gasteiger partial charge in [0.15, 0.2) is 5.82 Å². The van der Waals surface area contributed by atoms with Crippen LogP contribution in [0.3, 0.4) is 0 Å². The number of hydrogen-bond acceptors (Lipinski definition) is 7. The van der Waals surface area contributed by atoms with Gasteiger partial charge in [-0.15, -0.1) is 0 Å². The fraction of sp³-hybridized carbons (Fsp3) is 0.385. The second-order valence-electron chi connectivity index (χ2n) is 14.8. The van der Waals surface area contributed by atoms with Gasteiger partial charge in [-0.25, -0.2) is 14.8 Å². The van der Waals surface area contributed by atoms with Gasteiger partial charge in [0.1, 0.15) is 30.3 Å². The third kappa shape index (κ3) is 6.90. The van der Waals surface area contributed by atoms with E-state index in [1.165, 1.54) is 0 Å². The van der Waals surface area contributed by atoms with Crippen LogP contribution < -0.4 is 10.1 Å². The second-order valence-corrected chi connectivity index (χ2v) is 20.4. The van der Waals surface area contributed by atoms with E-state index in [-0.39, 0.29) is 30.6 Å². The van der Waals surface area contributed by atoms with E-state index in [1.54, 1.807) is 19.3 Å². The molecule has 3 aromatic heterocycles. The number of aryl methyl sites for hydroxylation is 1. The maximum absolute atomic E-state index is 14.2. The van der Waals surface area contributed by atoms with Crippen LogP contribution in [0.1, 0.15) is 40.9 Å². The largest absolute Gasteiger partial charge is 0.494 e. The molecule has 2 bridgehead atoms. The molecule has 2 aliphatic rings. The summed E-state index contributed by atoms with van der Waals surface area (Å²) >= 11 is 0. The van der Waals surface area contributed by atoms with Crippen LogP contribution >= 0.6 is 0 Å². The topological polar surface area (TPSA) is 113 Å². The molecule has 1 N–H and O–H groups in total. The Kier molecular flexibility index (Phi) is 9.47. The molecule has 5 aromatic rings. The summed E-state index contributed by atoms with van der Waals surface area (Å²) in [6.07, 6.45) is 3.67. The van der Waals surface area contributed by atoms with Crippen LogP contribution in [0.2, 0.25) is 25.7 Å². The molecule has 0 aliphatic carbocycles. The summed E-state index contributed by atoms with van der Waals surface area (Å²) < 4.78 is 21.7. The van der Waals surface area contributed by atoms with E-state index in [4.69, 9.17) is 24.2 Å². The van der Waals surface area contributed by atoms with E-state index >= 15 is 0 Å². The minimum atomic E-state index is -1.27. The van der Waals surface area contributed by atoms with Crippen molar-refractivity contribution in [3.63, 3.8) is 0 Å². The van der Waals surface area contributed by atoms with Crippen LogP contribution in [0.25, 0.3) is 39.7 Å². The Balaban J connectivity index is 1.16. The minimum absolute atomic E-state index is 0.0347. The summed E-state index contributed by atoms with van der Waals surface area (Å²) in [5, 5.41) is 4.00. The number of pyridine rings is 1. The molecule has 2 aromatic carbocycles. The summed E-state index contributed by atoms with van der Waals surface area (Å²) in [5.74, 6) is 1.17. The number of methoxy groups -OCH3 is 1. The SMILES string of the molecule is C=Cc1ccc2cc(-c3nc4cc(C(=O)N5[C@H]6CC[C@@H]5[C@H](NC(=O)OCc5ccccc5)C6)cc(OC)c4n3C)n(COCC[Si](C)(C)C)c2n1. The standard InChI is InChI=1S/C39H46N6O5Si/c1-7-28-14-13-26-20-33(44(36(26)40-28)24-49-17-18-51(4,5)6)37-41-31-19-27(21-34(48-3)35(31)43(37)2)38(46)45-29-15-16-32(45)30(22-29)42-39(47)50-23-25-11-9-8-10-12-25/h7-14,19-21,29-30,32H,1,15-18,22-24H2,2-6H3,(H,42,47)/t29-,30+,32+/m0/s1. The van der Waals surface area contributed by atoms with E-state index < -0.39 is 14.2 Å². The van der Waals surface area contributed by atoms with Crippen LogP contribution in [-0.4, -0.2) is 75.9 Å². The van der Waals surface area contributed by atoms with Gasteiger partial charge in [0.05, 0.1) is 36.1 Å². The number of amides is 2. The van der Waals surface area contributed by atoms with Gasteiger partial charge in [0.2, 0.25) is 0 Å². The van der Waals surface area contributed by atoms with Crippen molar-refractivity contribution in [2.24, 2.45) is 7.05 Å². The Hall–Kier alpha value is -4.94. The number of imidazole rings is 1. The smallest absolute Gasteiger partial charge is 0.407 e. The molecular weight excluding hydrogens is 661 g/mol. The number of carbonyl (C=O) groups excluding carboxylic acids is 2. The maximum atomic E-state index is 14.2. The molecule has 0 unspecified atom stereocenters. The molecule has 11 nitrogen and oxygen atoms in total. The van der Waals surface area contributed by atoms with Gasteiger partial charge in [0, 0.05) is 38.7 Å². The lowest BCUT2D eigenvalue weighted by atomic mass is 9.96. The quantitative estimate of drug-likeness (QED) is 0.108. The molecule has 0 spiro atoms. The zero-order chi connectivity index (χ0) is 35.9. The van der Waals surface area contributed by atoms with Crippen molar-refractivity contribution in [2.45, 2.75) is 76.4 Å². The summed E-state index contributed by atoms with van der Waals surface area (Å²) in [6, 6.07) is 20.1. The predicted octanol–water partition coefficient (Wildman–Crippen LogP) is 7.23. The van der Waals surface area contributed by atoms with Crippen LogP contribution in [0.15, 0.2) is 67.2 Å². The molecule has 2 amide bonds. The van der Waals surface area contributed by atoms with E-state index in [1.807, 2.05) is 65.0 Å². The number of benzene rings is 2. The summed E-state index contributed by atoms with van der Waals surface area (Å²) in [5.41, 5.74) is 5.28. The van der Waals surface area contributed by atoms with Crippen molar-refractivity contribution in [1.29, 1.82) is 0 Å². The Morgan fingerprint density at radius 3 is 2.61 bits per heavy atom. The molecule has 12 heteroatoms. The normalized spacial score (nSPS) is 18.5. The molecule has 3 atom stereocenters. The van der Waals surface area contributed by atoms with Crippen molar-refractivity contribution in [3.8, 4) is 17.3 Å². The van der Waals surface area contributed by atoms with Crippen LogP contribution in [0, 0.1) is 0 Å². The van der Waals surface area contributed by atoms with E-state index in [9.17, 15) is 9.59 Å². The molecule has 266 valence electrons. The molecule has 7 rings (SSSR count). The highest BCUT2D eigenvalue weighted by molar-refractivity contribution is 6.76. The molecular formula is C39H46N6O5Si. The highest BCUT2D eigenvalue weighted by Crippen LogP contribution is 2.40. The molecule has 0 radical (unpaired) electrons. The summed E-state index contributed by atoms with van der Waals surface area (Å²) in [6.45, 7) is 12.1. The van der Waals surface area contributed by atoms with Crippen molar-refractivity contribution < 1.29 is 23.8 Å². The van der Waals surface area contributed by atoms with Gasteiger partial charge in [-0.05, 0) is 67.3 Å². The Morgan fingerprint density at radius 2 is 1.86 bits per heavy atom. The molecule has 5 heterocycles. The first-order valence-electron chi connectivity index (χ1n) is 17.6. The van der Waals surface area contributed by atoms with Crippen LogP contribution in [0.4, 0.5) is 4.79 Å². The zero-order valence-electron chi connectivity index (χ0n) is 30.0. The van der Waals surface area contributed by atoms with E-state index in [0.717, 1.165) is 52.4 Å². The molecule has 2 saturated heterocycles. The van der Waals surface area contributed by atoms with Crippen molar-refractivity contribution in [2.75, 3.05) is 13.7 Å². The summed E-state index contributed by atoms with van der Waals surface area (Å²) in [4.78, 5) is 38.9. The molecule has 2 fully saturated rings. The number of alkyl carbamates (subject to hydrolysis) is 1. The fourth-order valence-corrected chi connectivity index (χ4v) is 8.21. The first-order chi connectivity index (χ1) is 24.5. The molecule has 2 aliphatic heterocycles. The lowest BCUT2D eigenvalue weighted by Gasteiger charge is -2.25. The molecule has 51 heavy (non-hydrogen) atoms. The van der Waals surface area contributed by atoms with Gasteiger partial charge in [-0.3, -0.25) is 9.36 Å². The lowest BCUT2D eigenvalue weighted by molar-refractivity contribution is 0.0719. The van der Waals surface area contributed by atoms with Crippen molar-refractivity contribution in [1.82, 2.24) is 29.3 Å². The van der Waals surface area contributed by atoms with Crippen molar-refractivity contribution >= 4 is 48.2 Å². The van der Waals surface area contributed by atoms with Gasteiger partial charge < -0.3 is 29.0 Å². The van der Waals surface area contributed by atoms with Gasteiger partial charge in [0.25, 0.3) is 5.91 Å². The highest BCUT2D eigenvalue weighted by atomic mass is 28.3. The van der Waals surface area contributed by atoms with Crippen molar-refractivity contribution in [3.05, 3.63) is 84.1 Å². The van der Waals surface area contributed by atoms with Gasteiger partial charge >= 0.3 is 6.09 Å². The van der Waals surface area contributed by atoms with Crippen LogP contribution in [-0.2, 0) is 29.9 Å². The number of ether oxygens (including phenoxy) is 3. The van der Waals surface area contributed by atoms with Gasteiger partial charge in [-0.2, -0.15) is 0 Å². The monoisotopic (exact) mass is 706 g/mol. The number of fused-ring (bicyclic) bond motifs is 4. The van der Waals surface area contributed by atoms with Crippen LogP contribution in [0.5, 0.6) is 5.75 Å². The third-order valence-electron chi connectivity index (χ3n) is 10.1. The number of hydrogen-bond donors (Lipinski definition) is 1. The number of nitrogens with one attached hydrogen (secondary N) is 1. The molecule has 0 saturated carbocycles. The van der Waals surface area contributed by atoms with Gasteiger partial charge in [-0.1, -0.05) is 56.6 Å². The Morgan fingerprint density at radius 1 is 1.06 bits per heavy atom.